The molecule has 0 unspecified atom stereocenters. The minimum atomic E-state index is -0.440. The summed E-state index contributed by atoms with van der Waals surface area (Å²) < 4.78 is 13.5. The summed E-state index contributed by atoms with van der Waals surface area (Å²) in [6.45, 7) is 2.76. The fourth-order valence-electron chi connectivity index (χ4n) is 2.24. The van der Waals surface area contributed by atoms with Crippen molar-refractivity contribution in [2.75, 3.05) is 6.61 Å². The summed E-state index contributed by atoms with van der Waals surface area (Å²) in [5.74, 6) is 3.08. The Morgan fingerprint density at radius 3 is 3.00 bits per heavy atom. The molecular weight excluding hydrogens is 312 g/mol. The topological polar surface area (TPSA) is 56.7 Å². The third-order valence-corrected chi connectivity index (χ3v) is 4.19. The lowest BCUT2D eigenvalue weighted by atomic mass is 10.3. The van der Waals surface area contributed by atoms with Crippen molar-refractivity contribution >= 4 is 27.5 Å². The number of carbonyl (C=O) groups is 1. The molecule has 0 aliphatic heterocycles. The molecule has 0 bridgehead atoms. The lowest BCUT2D eigenvalue weighted by Gasteiger charge is -2.07. The van der Waals surface area contributed by atoms with Crippen LogP contribution in [0.15, 0.2) is 46.0 Å². The van der Waals surface area contributed by atoms with Gasteiger partial charge in [0.25, 0.3) is 0 Å². The summed E-state index contributed by atoms with van der Waals surface area (Å²) in [5, 5.41) is 0. The molecule has 0 N–H and O–H groups in total. The molecule has 3 rings (SSSR count). The van der Waals surface area contributed by atoms with Crippen molar-refractivity contribution < 1.29 is 13.9 Å². The summed E-state index contributed by atoms with van der Waals surface area (Å²) >= 11 is 1.39. The summed E-state index contributed by atoms with van der Waals surface area (Å²) in [6.07, 6.45) is 6.92. The van der Waals surface area contributed by atoms with E-state index in [4.69, 9.17) is 15.6 Å². The van der Waals surface area contributed by atoms with Gasteiger partial charge in [-0.25, -0.2) is 0 Å². The zero-order chi connectivity index (χ0) is 16.2. The number of thiazole rings is 1. The predicted octanol–water partition coefficient (Wildman–Crippen LogP) is 3.07. The van der Waals surface area contributed by atoms with Gasteiger partial charge in [-0.15, -0.1) is 6.42 Å². The number of rotatable bonds is 4. The molecular formula is C17H14N2O3S. The molecule has 0 atom stereocenters. The first-order chi connectivity index (χ1) is 11.2. The summed E-state index contributed by atoms with van der Waals surface area (Å²) in [7, 11) is 0. The van der Waals surface area contributed by atoms with Crippen LogP contribution in [0.25, 0.3) is 10.2 Å². The van der Waals surface area contributed by atoms with E-state index < -0.39 is 5.91 Å². The zero-order valence-corrected chi connectivity index (χ0v) is 13.3. The maximum atomic E-state index is 12.2. The molecule has 116 valence electrons. The maximum Gasteiger partial charge on any atom is 0.315 e. The van der Waals surface area contributed by atoms with Gasteiger partial charge in [-0.2, -0.15) is 4.99 Å². The van der Waals surface area contributed by atoms with Gasteiger partial charge in [0.15, 0.2) is 10.6 Å². The van der Waals surface area contributed by atoms with E-state index in [1.165, 1.54) is 17.6 Å². The van der Waals surface area contributed by atoms with Crippen molar-refractivity contribution in [3.05, 3.63) is 47.2 Å². The standard InChI is InChI=1S/C17H14N2O3S/c1-3-10-19-15-12(21-4-2)7-5-9-14(15)23-17(19)18-16(20)13-8-6-11-22-13/h1,5-9,11H,4,10H2,2H3. The Morgan fingerprint density at radius 2 is 2.30 bits per heavy atom. The Hall–Kier alpha value is -2.78. The second kappa shape index (κ2) is 6.55. The minimum absolute atomic E-state index is 0.194. The monoisotopic (exact) mass is 326 g/mol. The van der Waals surface area contributed by atoms with Crippen molar-refractivity contribution in [1.29, 1.82) is 0 Å². The maximum absolute atomic E-state index is 12.2. The van der Waals surface area contributed by atoms with E-state index in [1.54, 1.807) is 12.1 Å². The average molecular weight is 326 g/mol. The van der Waals surface area contributed by atoms with Crippen molar-refractivity contribution in [2.24, 2.45) is 4.99 Å². The fraction of sp³-hybridized carbons (Fsp3) is 0.176. The van der Waals surface area contributed by atoms with Gasteiger partial charge in [0, 0.05) is 0 Å². The highest BCUT2D eigenvalue weighted by molar-refractivity contribution is 7.16. The first kappa shape index (κ1) is 15.1. The number of nitrogens with zero attached hydrogens (tertiary/aromatic N) is 2. The second-order valence-corrected chi connectivity index (χ2v) is 5.61. The van der Waals surface area contributed by atoms with Crippen LogP contribution in [0.3, 0.4) is 0 Å². The summed E-state index contributed by atoms with van der Waals surface area (Å²) in [4.78, 5) is 16.8. The number of hydrogen-bond acceptors (Lipinski definition) is 4. The first-order valence-electron chi connectivity index (χ1n) is 7.05. The van der Waals surface area contributed by atoms with Gasteiger partial charge in [0.1, 0.15) is 11.3 Å². The fourth-order valence-corrected chi connectivity index (χ4v) is 3.28. The van der Waals surface area contributed by atoms with E-state index in [-0.39, 0.29) is 5.76 Å². The molecule has 0 aliphatic carbocycles. The summed E-state index contributed by atoms with van der Waals surface area (Å²) in [6, 6.07) is 8.96. The number of furan rings is 1. The molecule has 2 aromatic heterocycles. The second-order valence-electron chi connectivity index (χ2n) is 4.61. The highest BCUT2D eigenvalue weighted by Crippen LogP contribution is 2.27. The van der Waals surface area contributed by atoms with E-state index >= 15 is 0 Å². The molecule has 2 heterocycles. The van der Waals surface area contributed by atoms with Gasteiger partial charge in [-0.3, -0.25) is 4.79 Å². The van der Waals surface area contributed by atoms with Gasteiger partial charge in [-0.1, -0.05) is 23.3 Å². The van der Waals surface area contributed by atoms with Gasteiger partial charge in [0.2, 0.25) is 0 Å². The SMILES string of the molecule is C#CCn1c(=NC(=O)c2ccco2)sc2cccc(OCC)c21. The van der Waals surface area contributed by atoms with E-state index in [0.717, 1.165) is 16.0 Å². The van der Waals surface area contributed by atoms with Gasteiger partial charge >= 0.3 is 5.91 Å². The molecule has 0 saturated heterocycles. The molecule has 0 saturated carbocycles. The van der Waals surface area contributed by atoms with Crippen LogP contribution in [0.4, 0.5) is 0 Å². The zero-order valence-electron chi connectivity index (χ0n) is 12.5. The lowest BCUT2D eigenvalue weighted by Crippen LogP contribution is -2.16. The molecule has 3 aromatic rings. The van der Waals surface area contributed by atoms with E-state index in [1.807, 2.05) is 29.7 Å². The molecule has 6 heteroatoms. The molecule has 0 aliphatic rings. The van der Waals surface area contributed by atoms with E-state index in [9.17, 15) is 4.79 Å². The third kappa shape index (κ3) is 2.91. The number of ether oxygens (including phenoxy) is 1. The van der Waals surface area contributed by atoms with Crippen LogP contribution < -0.4 is 9.54 Å². The minimum Gasteiger partial charge on any atom is -0.492 e. The van der Waals surface area contributed by atoms with Crippen LogP contribution in [0, 0.1) is 12.3 Å². The highest BCUT2D eigenvalue weighted by Gasteiger charge is 2.13. The smallest absolute Gasteiger partial charge is 0.315 e. The number of amides is 1. The Labute approximate surface area is 136 Å². The van der Waals surface area contributed by atoms with Gasteiger partial charge < -0.3 is 13.7 Å². The van der Waals surface area contributed by atoms with Crippen LogP contribution in [-0.4, -0.2) is 17.1 Å². The molecule has 1 amide bonds. The number of hydrogen-bond donors (Lipinski definition) is 0. The summed E-state index contributed by atoms with van der Waals surface area (Å²) in [5.41, 5.74) is 0.850. The molecule has 0 fully saturated rings. The molecule has 5 nitrogen and oxygen atoms in total. The number of aromatic nitrogens is 1. The Bertz CT molecular complexity index is 943. The van der Waals surface area contributed by atoms with Crippen LogP contribution in [0.2, 0.25) is 0 Å². The van der Waals surface area contributed by atoms with E-state index in [2.05, 4.69) is 10.9 Å². The number of terminal acetylenes is 1. The first-order valence-corrected chi connectivity index (χ1v) is 7.87. The number of benzene rings is 1. The number of para-hydroxylation sites is 1. The number of fused-ring (bicyclic) bond motifs is 1. The van der Waals surface area contributed by atoms with E-state index in [0.29, 0.717) is 18.0 Å². The third-order valence-electron chi connectivity index (χ3n) is 3.14. The van der Waals surface area contributed by atoms with Crippen LogP contribution >= 0.6 is 11.3 Å². The quantitative estimate of drug-likeness (QED) is 0.692. The van der Waals surface area contributed by atoms with Crippen LogP contribution in [-0.2, 0) is 6.54 Å². The van der Waals surface area contributed by atoms with Crippen molar-refractivity contribution in [1.82, 2.24) is 4.57 Å². The lowest BCUT2D eigenvalue weighted by molar-refractivity contribution is 0.0971. The van der Waals surface area contributed by atoms with Crippen LogP contribution in [0.5, 0.6) is 5.75 Å². The van der Waals surface area contributed by atoms with Crippen molar-refractivity contribution in [3.8, 4) is 18.1 Å². The Morgan fingerprint density at radius 1 is 1.43 bits per heavy atom. The molecule has 0 spiro atoms. The Kier molecular flexibility index (Phi) is 4.31. The van der Waals surface area contributed by atoms with Gasteiger partial charge in [0.05, 0.1) is 24.1 Å². The molecule has 0 radical (unpaired) electrons. The predicted molar refractivity (Wildman–Crippen MR) is 88.4 cm³/mol. The average Bonchev–Trinajstić information content (AvgIpc) is 3.17. The van der Waals surface area contributed by atoms with Gasteiger partial charge in [-0.05, 0) is 31.2 Å². The normalized spacial score (nSPS) is 11.6. The highest BCUT2D eigenvalue weighted by atomic mass is 32.1. The van der Waals surface area contributed by atoms with Crippen molar-refractivity contribution in [2.45, 2.75) is 13.5 Å². The Balaban J connectivity index is 2.21. The largest absolute Gasteiger partial charge is 0.492 e. The van der Waals surface area contributed by atoms with Crippen molar-refractivity contribution in [3.63, 3.8) is 0 Å². The molecule has 23 heavy (non-hydrogen) atoms. The van der Waals surface area contributed by atoms with Crippen LogP contribution in [0.1, 0.15) is 17.5 Å². The number of carbonyl (C=O) groups excluding carboxylic acids is 1. The molecule has 1 aromatic carbocycles.